The van der Waals surface area contributed by atoms with Gasteiger partial charge in [-0.2, -0.15) is 0 Å². The highest BCUT2D eigenvalue weighted by Gasteiger charge is 2.22. The Morgan fingerprint density at radius 2 is 2.07 bits per heavy atom. The molecule has 0 bridgehead atoms. The van der Waals surface area contributed by atoms with Gasteiger partial charge in [0.2, 0.25) is 0 Å². The van der Waals surface area contributed by atoms with Crippen molar-refractivity contribution in [1.29, 1.82) is 0 Å². The lowest BCUT2D eigenvalue weighted by atomic mass is 9.80. The van der Waals surface area contributed by atoms with Crippen LogP contribution in [-0.2, 0) is 6.42 Å². The SMILES string of the molecule is CCCC(C)(CO)Cc1cccc(C)c1. The van der Waals surface area contributed by atoms with Crippen molar-refractivity contribution in [2.75, 3.05) is 6.61 Å². The maximum Gasteiger partial charge on any atom is 0.0487 e. The summed E-state index contributed by atoms with van der Waals surface area (Å²) in [6.07, 6.45) is 3.18. The smallest absolute Gasteiger partial charge is 0.0487 e. The zero-order chi connectivity index (χ0) is 11.3. The number of hydrogen-bond acceptors (Lipinski definition) is 1. The molecule has 0 saturated heterocycles. The summed E-state index contributed by atoms with van der Waals surface area (Å²) in [5.74, 6) is 0. The van der Waals surface area contributed by atoms with Crippen molar-refractivity contribution >= 4 is 0 Å². The topological polar surface area (TPSA) is 20.2 Å². The fraction of sp³-hybridized carbons (Fsp3) is 0.571. The zero-order valence-electron chi connectivity index (χ0n) is 10.1. The zero-order valence-corrected chi connectivity index (χ0v) is 10.1. The Hall–Kier alpha value is -0.820. The molecule has 1 atom stereocenters. The van der Waals surface area contributed by atoms with Crippen LogP contribution in [0.15, 0.2) is 24.3 Å². The van der Waals surface area contributed by atoms with E-state index < -0.39 is 0 Å². The van der Waals surface area contributed by atoms with E-state index in [1.165, 1.54) is 11.1 Å². The van der Waals surface area contributed by atoms with E-state index in [1.54, 1.807) is 0 Å². The molecule has 0 amide bonds. The predicted molar refractivity (Wildman–Crippen MR) is 65.0 cm³/mol. The third-order valence-electron chi connectivity index (χ3n) is 2.95. The molecule has 1 aromatic rings. The molecular weight excluding hydrogens is 184 g/mol. The molecule has 0 aromatic heterocycles. The van der Waals surface area contributed by atoms with Crippen molar-refractivity contribution in [3.8, 4) is 0 Å². The Balaban J connectivity index is 2.74. The second-order valence-corrected chi connectivity index (χ2v) is 4.88. The van der Waals surface area contributed by atoms with Gasteiger partial charge in [-0.1, -0.05) is 50.1 Å². The van der Waals surface area contributed by atoms with Crippen LogP contribution in [0.25, 0.3) is 0 Å². The minimum Gasteiger partial charge on any atom is -0.396 e. The summed E-state index contributed by atoms with van der Waals surface area (Å²) in [7, 11) is 0. The van der Waals surface area contributed by atoms with Gasteiger partial charge < -0.3 is 5.11 Å². The van der Waals surface area contributed by atoms with E-state index in [-0.39, 0.29) is 12.0 Å². The minimum absolute atomic E-state index is 0.0442. The second-order valence-electron chi connectivity index (χ2n) is 4.88. The largest absolute Gasteiger partial charge is 0.396 e. The fourth-order valence-electron chi connectivity index (χ4n) is 2.14. The Morgan fingerprint density at radius 1 is 1.33 bits per heavy atom. The number of aliphatic hydroxyl groups excluding tert-OH is 1. The Morgan fingerprint density at radius 3 is 2.60 bits per heavy atom. The van der Waals surface area contributed by atoms with E-state index in [1.807, 2.05) is 0 Å². The number of aryl methyl sites for hydroxylation is 1. The van der Waals surface area contributed by atoms with Crippen molar-refractivity contribution in [2.24, 2.45) is 5.41 Å². The van der Waals surface area contributed by atoms with Crippen LogP contribution in [0.3, 0.4) is 0 Å². The van der Waals surface area contributed by atoms with Crippen molar-refractivity contribution in [2.45, 2.75) is 40.0 Å². The van der Waals surface area contributed by atoms with E-state index in [0.717, 1.165) is 19.3 Å². The van der Waals surface area contributed by atoms with Gasteiger partial charge >= 0.3 is 0 Å². The molecule has 0 aliphatic heterocycles. The van der Waals surface area contributed by atoms with Crippen molar-refractivity contribution in [3.05, 3.63) is 35.4 Å². The number of hydrogen-bond donors (Lipinski definition) is 1. The first kappa shape index (κ1) is 12.3. The summed E-state index contributed by atoms with van der Waals surface area (Å²) >= 11 is 0. The Labute approximate surface area is 93.1 Å². The van der Waals surface area contributed by atoms with E-state index in [2.05, 4.69) is 45.0 Å². The lowest BCUT2D eigenvalue weighted by Gasteiger charge is -2.27. The molecule has 0 fully saturated rings. The molecule has 1 aromatic carbocycles. The lowest BCUT2D eigenvalue weighted by Crippen LogP contribution is -2.24. The van der Waals surface area contributed by atoms with Crippen LogP contribution in [0.2, 0.25) is 0 Å². The van der Waals surface area contributed by atoms with Crippen LogP contribution in [0.5, 0.6) is 0 Å². The molecule has 0 radical (unpaired) electrons. The average molecular weight is 206 g/mol. The average Bonchev–Trinajstić information content (AvgIpc) is 2.18. The molecule has 0 heterocycles. The fourth-order valence-corrected chi connectivity index (χ4v) is 2.14. The van der Waals surface area contributed by atoms with Crippen LogP contribution in [-0.4, -0.2) is 11.7 Å². The highest BCUT2D eigenvalue weighted by Crippen LogP contribution is 2.27. The molecule has 0 spiro atoms. The molecule has 0 saturated carbocycles. The summed E-state index contributed by atoms with van der Waals surface area (Å²) in [6.45, 7) is 6.72. The van der Waals surface area contributed by atoms with Gasteiger partial charge in [0.25, 0.3) is 0 Å². The second kappa shape index (κ2) is 5.32. The molecule has 1 unspecified atom stereocenters. The van der Waals surface area contributed by atoms with E-state index in [4.69, 9.17) is 0 Å². The number of rotatable bonds is 5. The van der Waals surface area contributed by atoms with Gasteiger partial charge in [0.05, 0.1) is 0 Å². The predicted octanol–water partition coefficient (Wildman–Crippen LogP) is 3.34. The van der Waals surface area contributed by atoms with Crippen LogP contribution < -0.4 is 0 Å². The van der Waals surface area contributed by atoms with Crippen molar-refractivity contribution in [1.82, 2.24) is 0 Å². The highest BCUT2D eigenvalue weighted by molar-refractivity contribution is 5.23. The normalized spacial score (nSPS) is 14.9. The molecule has 1 heteroatoms. The van der Waals surface area contributed by atoms with Crippen molar-refractivity contribution in [3.63, 3.8) is 0 Å². The van der Waals surface area contributed by atoms with Crippen molar-refractivity contribution < 1.29 is 5.11 Å². The van der Waals surface area contributed by atoms with Crippen LogP contribution in [0.1, 0.15) is 37.8 Å². The molecule has 15 heavy (non-hydrogen) atoms. The quantitative estimate of drug-likeness (QED) is 0.783. The minimum atomic E-state index is 0.0442. The first-order valence-electron chi connectivity index (χ1n) is 5.76. The molecule has 1 N–H and O–H groups in total. The molecular formula is C14H22O. The first-order valence-corrected chi connectivity index (χ1v) is 5.76. The monoisotopic (exact) mass is 206 g/mol. The third-order valence-corrected chi connectivity index (χ3v) is 2.95. The van der Waals surface area contributed by atoms with Gasteiger partial charge in [-0.25, -0.2) is 0 Å². The molecule has 0 aliphatic rings. The summed E-state index contributed by atoms with van der Waals surface area (Å²) in [6, 6.07) is 8.56. The first-order chi connectivity index (χ1) is 7.09. The Bertz CT molecular complexity index is 306. The standard InChI is InChI=1S/C14H22O/c1-4-8-14(3,11-15)10-13-7-5-6-12(2)9-13/h5-7,9,15H,4,8,10-11H2,1-3H3. The summed E-state index contributed by atoms with van der Waals surface area (Å²) in [5, 5.41) is 9.45. The van der Waals surface area contributed by atoms with Gasteiger partial charge in [-0.15, -0.1) is 0 Å². The maximum atomic E-state index is 9.45. The molecule has 0 aliphatic carbocycles. The summed E-state index contributed by atoms with van der Waals surface area (Å²) < 4.78 is 0. The summed E-state index contributed by atoms with van der Waals surface area (Å²) in [4.78, 5) is 0. The van der Waals surface area contributed by atoms with E-state index in [0.29, 0.717) is 0 Å². The van der Waals surface area contributed by atoms with Gasteiger partial charge in [0, 0.05) is 6.61 Å². The highest BCUT2D eigenvalue weighted by atomic mass is 16.3. The van der Waals surface area contributed by atoms with E-state index in [9.17, 15) is 5.11 Å². The lowest BCUT2D eigenvalue weighted by molar-refractivity contribution is 0.131. The van der Waals surface area contributed by atoms with Crippen LogP contribution in [0, 0.1) is 12.3 Å². The maximum absolute atomic E-state index is 9.45. The number of aliphatic hydroxyl groups is 1. The van der Waals surface area contributed by atoms with Crippen LogP contribution >= 0.6 is 0 Å². The molecule has 1 rings (SSSR count). The Kier molecular flexibility index (Phi) is 4.34. The third kappa shape index (κ3) is 3.67. The molecule has 1 nitrogen and oxygen atoms in total. The van der Waals surface area contributed by atoms with Gasteiger partial charge in [0.15, 0.2) is 0 Å². The summed E-state index contributed by atoms with van der Waals surface area (Å²) in [5.41, 5.74) is 2.67. The van der Waals surface area contributed by atoms with Gasteiger partial charge in [0.1, 0.15) is 0 Å². The van der Waals surface area contributed by atoms with E-state index >= 15 is 0 Å². The number of benzene rings is 1. The van der Waals surface area contributed by atoms with Gasteiger partial charge in [-0.05, 0) is 30.7 Å². The molecule has 84 valence electrons. The van der Waals surface area contributed by atoms with Gasteiger partial charge in [-0.3, -0.25) is 0 Å². The van der Waals surface area contributed by atoms with Crippen LogP contribution in [0.4, 0.5) is 0 Å².